The van der Waals surface area contributed by atoms with E-state index in [-0.39, 0.29) is 0 Å². The summed E-state index contributed by atoms with van der Waals surface area (Å²) in [5.74, 6) is 0. The Kier molecular flexibility index (Phi) is 4.02. The Labute approximate surface area is 103 Å². The summed E-state index contributed by atoms with van der Waals surface area (Å²) in [6.07, 6.45) is 3.32. The molecule has 4 heteroatoms. The second-order valence-electron chi connectivity index (χ2n) is 3.41. The van der Waals surface area contributed by atoms with Crippen molar-refractivity contribution >= 4 is 15.9 Å². The van der Waals surface area contributed by atoms with Crippen LogP contribution in [-0.2, 0) is 13.1 Å². The number of rotatable bonds is 4. The van der Waals surface area contributed by atoms with Gasteiger partial charge in [-0.2, -0.15) is 0 Å². The predicted molar refractivity (Wildman–Crippen MR) is 66.7 cm³/mol. The van der Waals surface area contributed by atoms with Gasteiger partial charge in [-0.25, -0.2) is 9.97 Å². The molecule has 0 aliphatic rings. The molecule has 0 amide bonds. The summed E-state index contributed by atoms with van der Waals surface area (Å²) < 4.78 is 0.940. The Morgan fingerprint density at radius 3 is 2.69 bits per heavy atom. The van der Waals surface area contributed by atoms with E-state index in [1.807, 2.05) is 18.2 Å². The maximum absolute atomic E-state index is 4.19. The van der Waals surface area contributed by atoms with Gasteiger partial charge in [0.25, 0.3) is 0 Å². The number of halogens is 1. The van der Waals surface area contributed by atoms with Gasteiger partial charge in [0.05, 0.1) is 10.2 Å². The monoisotopic (exact) mass is 277 g/mol. The lowest BCUT2D eigenvalue weighted by atomic mass is 10.2. The van der Waals surface area contributed by atoms with Crippen molar-refractivity contribution in [2.24, 2.45) is 0 Å². The highest BCUT2D eigenvalue weighted by Crippen LogP contribution is 2.11. The minimum Gasteiger partial charge on any atom is -0.307 e. The van der Waals surface area contributed by atoms with Crippen LogP contribution in [0.15, 0.2) is 47.3 Å². The van der Waals surface area contributed by atoms with Crippen molar-refractivity contribution in [3.05, 3.63) is 58.6 Å². The van der Waals surface area contributed by atoms with Gasteiger partial charge in [-0.3, -0.25) is 0 Å². The quantitative estimate of drug-likeness (QED) is 0.933. The predicted octanol–water partition coefficient (Wildman–Crippen LogP) is 2.53. The number of hydrogen-bond donors (Lipinski definition) is 1. The van der Waals surface area contributed by atoms with E-state index in [1.54, 1.807) is 12.5 Å². The highest BCUT2D eigenvalue weighted by Gasteiger charge is 1.99. The third kappa shape index (κ3) is 3.12. The first-order valence-electron chi connectivity index (χ1n) is 5.05. The van der Waals surface area contributed by atoms with Gasteiger partial charge >= 0.3 is 0 Å². The number of nitrogens with zero attached hydrogens (tertiary/aromatic N) is 2. The molecule has 0 fully saturated rings. The van der Waals surface area contributed by atoms with Gasteiger partial charge in [-0.1, -0.05) is 30.3 Å². The third-order valence-corrected chi connectivity index (χ3v) is 2.87. The Bertz CT molecular complexity index is 445. The zero-order chi connectivity index (χ0) is 11.2. The van der Waals surface area contributed by atoms with Crippen LogP contribution in [0.4, 0.5) is 0 Å². The zero-order valence-electron chi connectivity index (χ0n) is 8.73. The van der Waals surface area contributed by atoms with E-state index in [0.29, 0.717) is 0 Å². The maximum Gasteiger partial charge on any atom is 0.115 e. The molecule has 1 aromatic heterocycles. The standard InChI is InChI=1S/C12H12BrN3/c13-11-7-15-9-16-12(11)8-14-6-10-4-2-1-3-5-10/h1-5,7,9,14H,6,8H2. The fourth-order valence-corrected chi connectivity index (χ4v) is 1.75. The van der Waals surface area contributed by atoms with Crippen molar-refractivity contribution in [1.29, 1.82) is 0 Å². The van der Waals surface area contributed by atoms with Crippen molar-refractivity contribution in [2.75, 3.05) is 0 Å². The van der Waals surface area contributed by atoms with Crippen LogP contribution in [0, 0.1) is 0 Å². The Hall–Kier alpha value is -1.26. The molecular weight excluding hydrogens is 266 g/mol. The summed E-state index contributed by atoms with van der Waals surface area (Å²) in [4.78, 5) is 8.11. The molecule has 0 spiro atoms. The Morgan fingerprint density at radius 2 is 1.94 bits per heavy atom. The number of hydrogen-bond acceptors (Lipinski definition) is 3. The first-order chi connectivity index (χ1) is 7.86. The second kappa shape index (κ2) is 5.72. The number of aromatic nitrogens is 2. The highest BCUT2D eigenvalue weighted by molar-refractivity contribution is 9.10. The smallest absolute Gasteiger partial charge is 0.115 e. The summed E-state index contributed by atoms with van der Waals surface area (Å²) in [7, 11) is 0. The molecule has 0 aliphatic heterocycles. The van der Waals surface area contributed by atoms with Crippen molar-refractivity contribution < 1.29 is 0 Å². The summed E-state index contributed by atoms with van der Waals surface area (Å²) in [5.41, 5.74) is 2.25. The molecule has 0 aliphatic carbocycles. The first-order valence-corrected chi connectivity index (χ1v) is 5.84. The number of nitrogens with one attached hydrogen (secondary N) is 1. The summed E-state index contributed by atoms with van der Waals surface area (Å²) in [6.45, 7) is 1.58. The van der Waals surface area contributed by atoms with Gasteiger partial charge < -0.3 is 5.32 Å². The molecule has 0 saturated heterocycles. The fourth-order valence-electron chi connectivity index (χ4n) is 1.39. The van der Waals surface area contributed by atoms with Crippen LogP contribution in [0.1, 0.15) is 11.3 Å². The van der Waals surface area contributed by atoms with E-state index >= 15 is 0 Å². The van der Waals surface area contributed by atoms with Crippen molar-refractivity contribution in [1.82, 2.24) is 15.3 Å². The van der Waals surface area contributed by atoms with Crippen molar-refractivity contribution in [3.63, 3.8) is 0 Å². The molecule has 1 aromatic carbocycles. The van der Waals surface area contributed by atoms with Gasteiger partial charge in [-0.05, 0) is 21.5 Å². The molecule has 0 atom stereocenters. The lowest BCUT2D eigenvalue weighted by molar-refractivity contribution is 0.675. The van der Waals surface area contributed by atoms with Crippen molar-refractivity contribution in [2.45, 2.75) is 13.1 Å². The van der Waals surface area contributed by atoms with Gasteiger partial charge in [0.15, 0.2) is 0 Å². The lowest BCUT2D eigenvalue weighted by Gasteiger charge is -2.05. The molecule has 1 N–H and O–H groups in total. The van der Waals surface area contributed by atoms with Crippen LogP contribution in [0.5, 0.6) is 0 Å². The topological polar surface area (TPSA) is 37.8 Å². The van der Waals surface area contributed by atoms with E-state index in [0.717, 1.165) is 23.3 Å². The third-order valence-electron chi connectivity index (χ3n) is 2.21. The highest BCUT2D eigenvalue weighted by atomic mass is 79.9. The molecule has 0 unspecified atom stereocenters. The van der Waals surface area contributed by atoms with Crippen LogP contribution >= 0.6 is 15.9 Å². The maximum atomic E-state index is 4.19. The van der Waals surface area contributed by atoms with Crippen LogP contribution < -0.4 is 5.32 Å². The summed E-state index contributed by atoms with van der Waals surface area (Å²) in [5, 5.41) is 3.34. The van der Waals surface area contributed by atoms with E-state index in [9.17, 15) is 0 Å². The van der Waals surface area contributed by atoms with Gasteiger partial charge in [0.1, 0.15) is 6.33 Å². The molecule has 0 bridgehead atoms. The average Bonchev–Trinajstić information content (AvgIpc) is 2.33. The van der Waals surface area contributed by atoms with Crippen LogP contribution in [-0.4, -0.2) is 9.97 Å². The van der Waals surface area contributed by atoms with Gasteiger partial charge in [0, 0.05) is 19.3 Å². The molecule has 1 heterocycles. The first kappa shape index (κ1) is 11.2. The molecule has 3 nitrogen and oxygen atoms in total. The Balaban J connectivity index is 1.87. The summed E-state index contributed by atoms with van der Waals surface area (Å²) in [6, 6.07) is 10.3. The van der Waals surface area contributed by atoms with E-state index in [4.69, 9.17) is 0 Å². The molecule has 82 valence electrons. The van der Waals surface area contributed by atoms with Crippen LogP contribution in [0.2, 0.25) is 0 Å². The molecule has 16 heavy (non-hydrogen) atoms. The van der Waals surface area contributed by atoms with Gasteiger partial charge in [0.2, 0.25) is 0 Å². The zero-order valence-corrected chi connectivity index (χ0v) is 10.3. The molecule has 2 aromatic rings. The fraction of sp³-hybridized carbons (Fsp3) is 0.167. The van der Waals surface area contributed by atoms with Crippen molar-refractivity contribution in [3.8, 4) is 0 Å². The molecular formula is C12H12BrN3. The molecule has 0 radical (unpaired) electrons. The minimum atomic E-state index is 0.734. The van der Waals surface area contributed by atoms with Gasteiger partial charge in [-0.15, -0.1) is 0 Å². The van der Waals surface area contributed by atoms with E-state index in [1.165, 1.54) is 5.56 Å². The average molecular weight is 278 g/mol. The van der Waals surface area contributed by atoms with E-state index < -0.39 is 0 Å². The summed E-state index contributed by atoms with van der Waals surface area (Å²) >= 11 is 3.42. The molecule has 2 rings (SSSR count). The Morgan fingerprint density at radius 1 is 1.12 bits per heavy atom. The SMILES string of the molecule is Brc1cncnc1CNCc1ccccc1. The lowest BCUT2D eigenvalue weighted by Crippen LogP contribution is -2.14. The van der Waals surface area contributed by atoms with Crippen LogP contribution in [0.25, 0.3) is 0 Å². The largest absolute Gasteiger partial charge is 0.307 e. The normalized spacial score (nSPS) is 10.3. The molecule has 0 saturated carbocycles. The van der Waals surface area contributed by atoms with E-state index in [2.05, 4.69) is 43.3 Å². The number of benzene rings is 1. The second-order valence-corrected chi connectivity index (χ2v) is 4.26. The minimum absolute atomic E-state index is 0.734. The van der Waals surface area contributed by atoms with Crippen LogP contribution in [0.3, 0.4) is 0 Å².